The van der Waals surface area contributed by atoms with Crippen LogP contribution in [0, 0.1) is 0 Å². The lowest BCUT2D eigenvalue weighted by molar-refractivity contribution is -0.122. The smallest absolute Gasteiger partial charge is 0.275 e. The molecule has 3 heterocycles. The molecule has 0 radical (unpaired) electrons. The Bertz CT molecular complexity index is 1210. The number of nitrogens with zero attached hydrogens (tertiary/aromatic N) is 2. The van der Waals surface area contributed by atoms with Gasteiger partial charge in [-0.05, 0) is 70.4 Å². The molecule has 0 bridgehead atoms. The van der Waals surface area contributed by atoms with Crippen LogP contribution in [0.25, 0.3) is 0 Å². The normalized spacial score (nSPS) is 14.4. The summed E-state index contributed by atoms with van der Waals surface area (Å²) in [5, 5.41) is 4.99. The number of aromatic nitrogens is 2. The lowest BCUT2D eigenvalue weighted by atomic mass is 10.1. The third-order valence-electron chi connectivity index (χ3n) is 5.46. The second-order valence-electron chi connectivity index (χ2n) is 8.28. The van der Waals surface area contributed by atoms with Crippen LogP contribution < -0.4 is 15.8 Å². The fourth-order valence-corrected chi connectivity index (χ4v) is 4.81. The molecule has 1 saturated carbocycles. The molecule has 32 heavy (non-hydrogen) atoms. The maximum absolute atomic E-state index is 13.9. The van der Waals surface area contributed by atoms with Crippen molar-refractivity contribution < 1.29 is 9.59 Å². The van der Waals surface area contributed by atoms with Gasteiger partial charge in [-0.1, -0.05) is 13.8 Å². The molecule has 0 aromatic carbocycles. The molecule has 3 aromatic rings. The van der Waals surface area contributed by atoms with Crippen LogP contribution in [0.4, 0.5) is 5.69 Å². The van der Waals surface area contributed by atoms with Gasteiger partial charge in [0.1, 0.15) is 5.69 Å². The molecule has 7 nitrogen and oxygen atoms in total. The van der Waals surface area contributed by atoms with Gasteiger partial charge in [-0.3, -0.25) is 19.3 Å². The van der Waals surface area contributed by atoms with Crippen molar-refractivity contribution in [3.63, 3.8) is 0 Å². The topological polar surface area (TPSA) is 87.2 Å². The lowest BCUT2D eigenvalue weighted by Crippen LogP contribution is -2.46. The minimum absolute atomic E-state index is 0.123. The second-order valence-corrected chi connectivity index (χ2v) is 10.1. The van der Waals surface area contributed by atoms with E-state index in [0.717, 1.165) is 17.7 Å². The number of pyridine rings is 1. The van der Waals surface area contributed by atoms with Crippen LogP contribution in [0.5, 0.6) is 0 Å². The highest BCUT2D eigenvalue weighted by Gasteiger charge is 2.39. The monoisotopic (exact) mass is 516 g/mol. The van der Waals surface area contributed by atoms with E-state index in [0.29, 0.717) is 15.9 Å². The second kappa shape index (κ2) is 9.07. The number of carbonyl (C=O) groups is 2. The summed E-state index contributed by atoms with van der Waals surface area (Å²) in [6, 6.07) is 7.93. The Labute approximate surface area is 198 Å². The van der Waals surface area contributed by atoms with Crippen LogP contribution in [0.3, 0.4) is 0 Å². The van der Waals surface area contributed by atoms with Gasteiger partial charge in [0.25, 0.3) is 11.5 Å². The number of aromatic amines is 1. The third kappa shape index (κ3) is 4.45. The van der Waals surface area contributed by atoms with Crippen LogP contribution in [0.15, 0.2) is 51.2 Å². The molecule has 1 atom stereocenters. The van der Waals surface area contributed by atoms with Crippen molar-refractivity contribution in [2.24, 2.45) is 7.05 Å². The maximum Gasteiger partial charge on any atom is 0.275 e. The minimum Gasteiger partial charge on any atom is -0.352 e. The van der Waals surface area contributed by atoms with Gasteiger partial charge >= 0.3 is 0 Å². The van der Waals surface area contributed by atoms with Gasteiger partial charge in [-0.2, -0.15) is 0 Å². The molecule has 1 unspecified atom stereocenters. The molecule has 0 saturated heterocycles. The zero-order valence-corrected chi connectivity index (χ0v) is 20.5. The van der Waals surface area contributed by atoms with Crippen molar-refractivity contribution in [2.75, 3.05) is 4.90 Å². The number of rotatable bonds is 7. The number of amides is 2. The average molecular weight is 517 g/mol. The van der Waals surface area contributed by atoms with Gasteiger partial charge in [-0.25, -0.2) is 0 Å². The van der Waals surface area contributed by atoms with E-state index in [-0.39, 0.29) is 23.6 Å². The van der Waals surface area contributed by atoms with E-state index in [1.165, 1.54) is 4.90 Å². The number of aryl methyl sites for hydroxylation is 1. The standard InChI is InChI=1S/C23H25BrN4O3S/c1-13(2)20-18(10-12-32-20)28(23(31)16-9-8-15(24)21(29)26-16)19(17-5-4-11-27(17)3)22(30)25-14-6-7-14/h4-5,8-14,19H,6-7H2,1-3H3,(H,25,30)(H,26,29). The predicted octanol–water partition coefficient (Wildman–Crippen LogP) is 4.33. The van der Waals surface area contributed by atoms with Crippen LogP contribution in [0.2, 0.25) is 0 Å². The molecular weight excluding hydrogens is 492 g/mol. The summed E-state index contributed by atoms with van der Waals surface area (Å²) in [6.45, 7) is 4.11. The van der Waals surface area contributed by atoms with E-state index in [2.05, 4.69) is 40.1 Å². The maximum atomic E-state index is 13.9. The number of hydrogen-bond acceptors (Lipinski definition) is 4. The first-order valence-corrected chi connectivity index (χ1v) is 12.2. The summed E-state index contributed by atoms with van der Waals surface area (Å²) in [6.07, 6.45) is 3.73. The van der Waals surface area contributed by atoms with Crippen molar-refractivity contribution in [1.29, 1.82) is 0 Å². The molecule has 2 N–H and O–H groups in total. The zero-order valence-electron chi connectivity index (χ0n) is 18.1. The molecule has 0 spiro atoms. The number of carbonyl (C=O) groups excluding carboxylic acids is 2. The Morgan fingerprint density at radius 2 is 2.00 bits per heavy atom. The summed E-state index contributed by atoms with van der Waals surface area (Å²) in [5.41, 5.74) is 1.09. The number of hydrogen-bond donors (Lipinski definition) is 2. The van der Waals surface area contributed by atoms with Crippen molar-refractivity contribution in [1.82, 2.24) is 14.9 Å². The highest BCUT2D eigenvalue weighted by molar-refractivity contribution is 9.10. The van der Waals surface area contributed by atoms with E-state index in [9.17, 15) is 14.4 Å². The SMILES string of the molecule is CC(C)c1sccc1N(C(=O)c1ccc(Br)c(=O)[nH]1)C(C(=O)NC1CC1)c1cccn1C. The number of halogens is 1. The summed E-state index contributed by atoms with van der Waals surface area (Å²) < 4.78 is 2.19. The molecule has 1 aliphatic rings. The number of anilines is 1. The van der Waals surface area contributed by atoms with E-state index in [4.69, 9.17) is 0 Å². The van der Waals surface area contributed by atoms with E-state index in [1.807, 2.05) is 41.4 Å². The van der Waals surface area contributed by atoms with Gasteiger partial charge in [-0.15, -0.1) is 11.3 Å². The average Bonchev–Trinajstić information content (AvgIpc) is 3.25. The highest BCUT2D eigenvalue weighted by atomic mass is 79.9. The summed E-state index contributed by atoms with van der Waals surface area (Å²) in [4.78, 5) is 44.8. The molecule has 168 valence electrons. The Kier molecular flexibility index (Phi) is 6.39. The van der Waals surface area contributed by atoms with Gasteiger partial charge in [0.2, 0.25) is 5.91 Å². The summed E-state index contributed by atoms with van der Waals surface area (Å²) >= 11 is 4.73. The van der Waals surface area contributed by atoms with E-state index in [1.54, 1.807) is 23.5 Å². The molecular formula is C23H25BrN4O3S. The molecule has 9 heteroatoms. The fourth-order valence-electron chi connectivity index (χ4n) is 3.67. The zero-order chi connectivity index (χ0) is 23.0. The highest BCUT2D eigenvalue weighted by Crippen LogP contribution is 2.38. The van der Waals surface area contributed by atoms with Gasteiger partial charge in [0.15, 0.2) is 6.04 Å². The molecule has 0 aliphatic heterocycles. The summed E-state index contributed by atoms with van der Waals surface area (Å²) in [7, 11) is 1.86. The van der Waals surface area contributed by atoms with Crippen LogP contribution >= 0.6 is 27.3 Å². The van der Waals surface area contributed by atoms with Crippen LogP contribution in [-0.2, 0) is 11.8 Å². The first-order valence-electron chi connectivity index (χ1n) is 10.5. The molecule has 4 rings (SSSR count). The Morgan fingerprint density at radius 3 is 2.59 bits per heavy atom. The number of nitrogens with one attached hydrogen (secondary N) is 2. The lowest BCUT2D eigenvalue weighted by Gasteiger charge is -2.32. The number of thiophene rings is 1. The third-order valence-corrected chi connectivity index (χ3v) is 7.29. The first-order chi connectivity index (χ1) is 15.3. The van der Waals surface area contributed by atoms with Crippen molar-refractivity contribution in [2.45, 2.75) is 44.7 Å². The fraction of sp³-hybridized carbons (Fsp3) is 0.348. The Hall–Kier alpha value is -2.65. The van der Waals surface area contributed by atoms with E-state index < -0.39 is 17.5 Å². The Morgan fingerprint density at radius 1 is 1.25 bits per heavy atom. The van der Waals surface area contributed by atoms with Gasteiger partial charge < -0.3 is 14.9 Å². The predicted molar refractivity (Wildman–Crippen MR) is 129 cm³/mol. The van der Waals surface area contributed by atoms with Crippen LogP contribution in [0.1, 0.15) is 59.7 Å². The van der Waals surface area contributed by atoms with Crippen LogP contribution in [-0.4, -0.2) is 27.4 Å². The van der Waals surface area contributed by atoms with E-state index >= 15 is 0 Å². The molecule has 2 amide bonds. The molecule has 3 aromatic heterocycles. The minimum atomic E-state index is -0.887. The van der Waals surface area contributed by atoms with Crippen molar-refractivity contribution >= 4 is 44.8 Å². The molecule has 1 aliphatic carbocycles. The summed E-state index contributed by atoms with van der Waals surface area (Å²) in [5.74, 6) is -0.514. The van der Waals surface area contributed by atoms with Crippen molar-refractivity contribution in [3.05, 3.63) is 73.0 Å². The van der Waals surface area contributed by atoms with Gasteiger partial charge in [0.05, 0.1) is 15.9 Å². The first kappa shape index (κ1) is 22.5. The Balaban J connectivity index is 1.89. The van der Waals surface area contributed by atoms with Crippen molar-refractivity contribution in [3.8, 4) is 0 Å². The molecule has 1 fully saturated rings. The number of H-pyrrole nitrogens is 1. The largest absolute Gasteiger partial charge is 0.352 e. The van der Waals surface area contributed by atoms with Gasteiger partial charge in [0, 0.05) is 24.2 Å². The quantitative estimate of drug-likeness (QED) is 0.489.